The Morgan fingerprint density at radius 2 is 2.00 bits per heavy atom. The predicted molar refractivity (Wildman–Crippen MR) is 107 cm³/mol. The summed E-state index contributed by atoms with van der Waals surface area (Å²) in [6, 6.07) is 7.50. The molecule has 0 fully saturated rings. The summed E-state index contributed by atoms with van der Waals surface area (Å²) in [5.74, 6) is 0.654. The summed E-state index contributed by atoms with van der Waals surface area (Å²) < 4.78 is 0. The minimum Gasteiger partial charge on any atom is -0.392 e. The summed E-state index contributed by atoms with van der Waals surface area (Å²) in [6.07, 6.45) is 2.83. The first-order valence-electron chi connectivity index (χ1n) is 9.03. The van der Waals surface area contributed by atoms with E-state index in [2.05, 4.69) is 11.9 Å². The number of nitrogens with zero attached hydrogens (tertiary/aromatic N) is 3. The molecule has 2 rings (SSSR count). The monoisotopic (exact) mass is 355 g/mol. The lowest BCUT2D eigenvalue weighted by molar-refractivity contribution is -0.114. The molecule has 1 heterocycles. The largest absolute Gasteiger partial charge is 0.392 e. The Balaban J connectivity index is 2.59. The molecule has 0 saturated heterocycles. The third kappa shape index (κ3) is 4.61. The van der Waals surface area contributed by atoms with Gasteiger partial charge in [-0.1, -0.05) is 24.6 Å². The Bertz CT molecular complexity index is 758. The molecule has 5 nitrogen and oxygen atoms in total. The van der Waals surface area contributed by atoms with Crippen molar-refractivity contribution >= 4 is 17.3 Å². The van der Waals surface area contributed by atoms with Gasteiger partial charge in [-0.3, -0.25) is 4.79 Å². The molecule has 1 N–H and O–H groups in total. The summed E-state index contributed by atoms with van der Waals surface area (Å²) in [5.41, 5.74) is 4.25. The van der Waals surface area contributed by atoms with E-state index in [1.54, 1.807) is 4.90 Å². The fourth-order valence-electron chi connectivity index (χ4n) is 2.81. The average molecular weight is 355 g/mol. The number of aliphatic hydroxyl groups excluding tert-OH is 1. The third-order valence-corrected chi connectivity index (χ3v) is 4.42. The van der Waals surface area contributed by atoms with E-state index >= 15 is 0 Å². The van der Waals surface area contributed by atoms with Crippen molar-refractivity contribution in [3.05, 3.63) is 52.9 Å². The quantitative estimate of drug-likeness (QED) is 0.823. The first-order chi connectivity index (χ1) is 12.4. The van der Waals surface area contributed by atoms with Crippen LogP contribution in [0, 0.1) is 0 Å². The van der Waals surface area contributed by atoms with Crippen LogP contribution in [0.3, 0.4) is 0 Å². The molecular formula is C21H29N3O2. The summed E-state index contributed by atoms with van der Waals surface area (Å²) in [6.45, 7) is 9.19. The van der Waals surface area contributed by atoms with Crippen molar-refractivity contribution in [1.29, 1.82) is 0 Å². The molecule has 0 atom stereocenters. The second-order valence-corrected chi connectivity index (χ2v) is 6.85. The van der Waals surface area contributed by atoms with Gasteiger partial charge in [-0.05, 0) is 51.0 Å². The lowest BCUT2D eigenvalue weighted by Gasteiger charge is -2.22. The number of allylic oxidation sites excluding steroid dienone is 1. The van der Waals surface area contributed by atoms with Crippen LogP contribution in [0.1, 0.15) is 39.7 Å². The molecule has 0 aliphatic carbocycles. The molecule has 0 aromatic heterocycles. The molecular weight excluding hydrogens is 326 g/mol. The maximum atomic E-state index is 13.4. The number of hydrogen-bond acceptors (Lipinski definition) is 4. The minimum absolute atomic E-state index is 0.0438. The SMILES string of the molecule is CC/C(C)=C\C1=C(N=C(C)C)N(C)CCN(c2cccc(CO)c2)C1=O. The normalized spacial score (nSPS) is 16.1. The molecule has 0 unspecified atom stereocenters. The van der Waals surface area contributed by atoms with Crippen molar-refractivity contribution in [2.45, 2.75) is 40.7 Å². The van der Waals surface area contributed by atoms with Gasteiger partial charge in [0.05, 0.1) is 12.2 Å². The molecule has 0 radical (unpaired) electrons. The highest BCUT2D eigenvalue weighted by molar-refractivity contribution is 6.08. The molecule has 1 aliphatic heterocycles. The van der Waals surface area contributed by atoms with Crippen molar-refractivity contribution in [2.24, 2.45) is 4.99 Å². The molecule has 1 amide bonds. The highest BCUT2D eigenvalue weighted by Crippen LogP contribution is 2.26. The molecule has 1 aromatic rings. The van der Waals surface area contributed by atoms with Crippen molar-refractivity contribution < 1.29 is 9.90 Å². The maximum absolute atomic E-state index is 13.4. The topological polar surface area (TPSA) is 56.1 Å². The number of carbonyl (C=O) groups excluding carboxylic acids is 1. The molecule has 26 heavy (non-hydrogen) atoms. The number of carbonyl (C=O) groups is 1. The van der Waals surface area contributed by atoms with Crippen molar-refractivity contribution in [3.8, 4) is 0 Å². The van der Waals surface area contributed by atoms with Gasteiger partial charge < -0.3 is 14.9 Å². The second kappa shape index (κ2) is 8.81. The van der Waals surface area contributed by atoms with Crippen LogP contribution in [-0.2, 0) is 11.4 Å². The number of rotatable bonds is 5. The number of likely N-dealkylation sites (N-methyl/N-ethyl adjacent to an activating group) is 1. The number of anilines is 1. The Morgan fingerprint density at radius 3 is 2.62 bits per heavy atom. The molecule has 1 aliphatic rings. The van der Waals surface area contributed by atoms with E-state index in [0.29, 0.717) is 24.5 Å². The van der Waals surface area contributed by atoms with Gasteiger partial charge in [0.15, 0.2) is 0 Å². The van der Waals surface area contributed by atoms with Crippen LogP contribution in [0.25, 0.3) is 0 Å². The number of hydrogen-bond donors (Lipinski definition) is 1. The van der Waals surface area contributed by atoms with E-state index in [1.807, 2.05) is 63.1 Å². The van der Waals surface area contributed by atoms with Crippen LogP contribution < -0.4 is 4.90 Å². The van der Waals surface area contributed by atoms with Gasteiger partial charge in [-0.15, -0.1) is 0 Å². The summed E-state index contributed by atoms with van der Waals surface area (Å²) in [5, 5.41) is 9.42. The summed E-state index contributed by atoms with van der Waals surface area (Å²) >= 11 is 0. The van der Waals surface area contributed by atoms with E-state index in [4.69, 9.17) is 0 Å². The van der Waals surface area contributed by atoms with Gasteiger partial charge in [0.2, 0.25) is 0 Å². The Kier molecular flexibility index (Phi) is 6.75. The van der Waals surface area contributed by atoms with Crippen LogP contribution in [0.5, 0.6) is 0 Å². The lowest BCUT2D eigenvalue weighted by Crippen LogP contribution is -2.34. The van der Waals surface area contributed by atoms with Crippen molar-refractivity contribution in [3.63, 3.8) is 0 Å². The molecule has 5 heteroatoms. The Hall–Kier alpha value is -2.40. The molecule has 0 spiro atoms. The molecule has 140 valence electrons. The van der Waals surface area contributed by atoms with Gasteiger partial charge >= 0.3 is 0 Å². The second-order valence-electron chi connectivity index (χ2n) is 6.85. The summed E-state index contributed by atoms with van der Waals surface area (Å²) in [7, 11) is 1.97. The van der Waals surface area contributed by atoms with Gasteiger partial charge in [0.1, 0.15) is 5.82 Å². The minimum atomic E-state index is -0.0581. The molecule has 0 saturated carbocycles. The zero-order valence-corrected chi connectivity index (χ0v) is 16.4. The smallest absolute Gasteiger partial charge is 0.262 e. The number of aliphatic imine (C=N–C) groups is 1. The first kappa shape index (κ1) is 19.9. The van der Waals surface area contributed by atoms with E-state index in [-0.39, 0.29) is 12.5 Å². The molecule has 0 bridgehead atoms. The molecule has 1 aromatic carbocycles. The Labute approximate surface area is 156 Å². The van der Waals surface area contributed by atoms with E-state index < -0.39 is 0 Å². The van der Waals surface area contributed by atoms with Crippen LogP contribution >= 0.6 is 0 Å². The number of amides is 1. The summed E-state index contributed by atoms with van der Waals surface area (Å²) in [4.78, 5) is 21.9. The maximum Gasteiger partial charge on any atom is 0.262 e. The Morgan fingerprint density at radius 1 is 1.27 bits per heavy atom. The van der Waals surface area contributed by atoms with Gasteiger partial charge in [-0.25, -0.2) is 4.99 Å². The zero-order valence-electron chi connectivity index (χ0n) is 16.4. The van der Waals surface area contributed by atoms with Gasteiger partial charge in [0.25, 0.3) is 5.91 Å². The predicted octanol–water partition coefficient (Wildman–Crippen LogP) is 3.51. The van der Waals surface area contributed by atoms with Gasteiger partial charge in [-0.2, -0.15) is 0 Å². The van der Waals surface area contributed by atoms with Crippen LogP contribution in [0.4, 0.5) is 5.69 Å². The highest BCUT2D eigenvalue weighted by Gasteiger charge is 2.27. The fraction of sp³-hybridized carbons (Fsp3) is 0.429. The van der Waals surface area contributed by atoms with E-state index in [1.165, 1.54) is 0 Å². The first-order valence-corrected chi connectivity index (χ1v) is 9.03. The third-order valence-electron chi connectivity index (χ3n) is 4.42. The van der Waals surface area contributed by atoms with Crippen LogP contribution in [-0.4, -0.2) is 41.8 Å². The van der Waals surface area contributed by atoms with Crippen molar-refractivity contribution in [2.75, 3.05) is 25.0 Å². The fourth-order valence-corrected chi connectivity index (χ4v) is 2.81. The van der Waals surface area contributed by atoms with E-state index in [9.17, 15) is 9.90 Å². The number of benzene rings is 1. The van der Waals surface area contributed by atoms with E-state index in [0.717, 1.165) is 29.0 Å². The zero-order chi connectivity index (χ0) is 19.3. The standard InChI is InChI=1S/C21H29N3O2/c1-6-16(4)12-19-20(22-15(2)3)23(5)10-11-24(21(19)26)18-9-7-8-17(13-18)14-25/h7-9,12-13,25H,6,10-11,14H2,1-5H3/b16-12-. The van der Waals surface area contributed by atoms with Crippen LogP contribution in [0.2, 0.25) is 0 Å². The highest BCUT2D eigenvalue weighted by atomic mass is 16.3. The van der Waals surface area contributed by atoms with Crippen molar-refractivity contribution in [1.82, 2.24) is 4.90 Å². The lowest BCUT2D eigenvalue weighted by atomic mass is 10.1. The van der Waals surface area contributed by atoms with Crippen LogP contribution in [0.15, 0.2) is 52.3 Å². The van der Waals surface area contributed by atoms with Gasteiger partial charge in [0, 0.05) is 31.5 Å². The number of aliphatic hydroxyl groups is 1. The average Bonchev–Trinajstić information content (AvgIpc) is 2.73.